The number of likely N-dealkylation sites (tertiary alicyclic amines) is 1. The molecule has 32 heavy (non-hydrogen) atoms. The zero-order chi connectivity index (χ0) is 22.9. The van der Waals surface area contributed by atoms with Crippen LogP contribution in [0.25, 0.3) is 0 Å². The van der Waals surface area contributed by atoms with Gasteiger partial charge in [-0.25, -0.2) is 13.1 Å². The van der Waals surface area contributed by atoms with E-state index in [1.165, 1.54) is 5.56 Å². The third-order valence-electron chi connectivity index (χ3n) is 6.46. The minimum absolute atomic E-state index is 0.0194. The number of hydrogen-bond donors (Lipinski definition) is 1. The van der Waals surface area contributed by atoms with Crippen LogP contribution in [0.3, 0.4) is 0 Å². The second-order valence-electron chi connectivity index (χ2n) is 8.71. The number of carbonyl (C=O) groups excluding carboxylic acids is 2. The molecular formula is C24H29N3O4S. The Balaban J connectivity index is 1.33. The van der Waals surface area contributed by atoms with Gasteiger partial charge in [-0.3, -0.25) is 9.59 Å². The summed E-state index contributed by atoms with van der Waals surface area (Å²) < 4.78 is 27.8. The highest BCUT2D eigenvalue weighted by atomic mass is 32.2. The first-order chi connectivity index (χ1) is 15.2. The summed E-state index contributed by atoms with van der Waals surface area (Å²) in [6, 6.07) is 14.0. The quantitative estimate of drug-likeness (QED) is 0.751. The molecule has 4 rings (SSSR count). The van der Waals surface area contributed by atoms with Gasteiger partial charge < -0.3 is 9.80 Å². The fourth-order valence-electron chi connectivity index (χ4n) is 4.38. The number of rotatable bonds is 5. The number of aryl methyl sites for hydroxylation is 2. The van der Waals surface area contributed by atoms with Gasteiger partial charge in [-0.2, -0.15) is 0 Å². The summed E-state index contributed by atoms with van der Waals surface area (Å²) in [4.78, 5) is 29.4. The molecule has 170 valence electrons. The molecule has 0 bridgehead atoms. The average molecular weight is 456 g/mol. The molecule has 2 aliphatic heterocycles. The molecule has 2 aromatic carbocycles. The minimum atomic E-state index is -3.57. The molecule has 2 fully saturated rings. The molecule has 1 N–H and O–H groups in total. The number of benzene rings is 2. The predicted octanol–water partition coefficient (Wildman–Crippen LogP) is 2.63. The van der Waals surface area contributed by atoms with Crippen molar-refractivity contribution >= 4 is 27.5 Å². The Bertz CT molecular complexity index is 1110. The number of hydrogen-bond acceptors (Lipinski definition) is 4. The lowest BCUT2D eigenvalue weighted by Crippen LogP contribution is -2.48. The second kappa shape index (κ2) is 9.03. The molecule has 0 aromatic heterocycles. The summed E-state index contributed by atoms with van der Waals surface area (Å²) in [6.07, 6.45) is 1.32. The smallest absolute Gasteiger partial charge is 0.240 e. The van der Waals surface area contributed by atoms with Crippen molar-refractivity contribution in [3.8, 4) is 0 Å². The Hall–Kier alpha value is -2.71. The largest absolute Gasteiger partial charge is 0.342 e. The van der Waals surface area contributed by atoms with Crippen molar-refractivity contribution in [1.82, 2.24) is 9.62 Å². The van der Waals surface area contributed by atoms with Crippen molar-refractivity contribution in [2.45, 2.75) is 44.0 Å². The van der Waals surface area contributed by atoms with Crippen molar-refractivity contribution in [3.05, 3.63) is 59.7 Å². The zero-order valence-corrected chi connectivity index (χ0v) is 19.3. The van der Waals surface area contributed by atoms with E-state index in [-0.39, 0.29) is 35.1 Å². The standard InChI is InChI=1S/C24H29N3O4S/c1-17-8-9-21(14-18(17)2)27-16-19(15-23(27)28)24(29)26-12-10-20(11-13-26)25-32(30,31)22-6-4-3-5-7-22/h3-9,14,19-20,25H,10-13,15-16H2,1-2H3/t19-/m0/s1. The Kier molecular flexibility index (Phi) is 6.35. The number of amides is 2. The molecule has 1 atom stereocenters. The summed E-state index contributed by atoms with van der Waals surface area (Å²) in [7, 11) is -3.57. The van der Waals surface area contributed by atoms with Crippen LogP contribution in [0.5, 0.6) is 0 Å². The fourth-order valence-corrected chi connectivity index (χ4v) is 5.71. The highest BCUT2D eigenvalue weighted by Crippen LogP contribution is 2.28. The molecule has 2 amide bonds. The number of nitrogens with zero attached hydrogens (tertiary/aromatic N) is 2. The van der Waals surface area contributed by atoms with E-state index in [4.69, 9.17) is 0 Å². The molecular weight excluding hydrogens is 426 g/mol. The average Bonchev–Trinajstić information content (AvgIpc) is 3.17. The Labute approximate surface area is 189 Å². The lowest BCUT2D eigenvalue weighted by molar-refractivity contribution is -0.136. The summed E-state index contributed by atoms with van der Waals surface area (Å²) in [6.45, 7) is 5.39. The van der Waals surface area contributed by atoms with Gasteiger partial charge in [0.05, 0.1) is 10.8 Å². The fraction of sp³-hybridized carbons (Fsp3) is 0.417. The lowest BCUT2D eigenvalue weighted by Gasteiger charge is -2.33. The maximum absolute atomic E-state index is 13.1. The third-order valence-corrected chi connectivity index (χ3v) is 7.99. The van der Waals surface area contributed by atoms with Gasteiger partial charge in [0, 0.05) is 37.8 Å². The molecule has 2 aromatic rings. The van der Waals surface area contributed by atoms with Gasteiger partial charge in [-0.1, -0.05) is 24.3 Å². The van der Waals surface area contributed by atoms with Crippen molar-refractivity contribution in [1.29, 1.82) is 0 Å². The van der Waals surface area contributed by atoms with Crippen LogP contribution in [0, 0.1) is 19.8 Å². The number of piperidine rings is 1. The Morgan fingerprint density at radius 2 is 1.69 bits per heavy atom. The highest BCUT2D eigenvalue weighted by Gasteiger charge is 2.38. The van der Waals surface area contributed by atoms with Gasteiger partial charge in [0.1, 0.15) is 0 Å². The van der Waals surface area contributed by atoms with Gasteiger partial charge in [0.15, 0.2) is 0 Å². The zero-order valence-electron chi connectivity index (χ0n) is 18.5. The lowest BCUT2D eigenvalue weighted by atomic mass is 10.0. The van der Waals surface area contributed by atoms with Crippen LogP contribution in [0.4, 0.5) is 5.69 Å². The van der Waals surface area contributed by atoms with Crippen LogP contribution in [-0.2, 0) is 19.6 Å². The van der Waals surface area contributed by atoms with E-state index in [2.05, 4.69) is 4.72 Å². The van der Waals surface area contributed by atoms with Crippen LogP contribution in [0.2, 0.25) is 0 Å². The summed E-state index contributed by atoms with van der Waals surface area (Å²) >= 11 is 0. The maximum atomic E-state index is 13.1. The monoisotopic (exact) mass is 455 g/mol. The first kappa shape index (κ1) is 22.5. The summed E-state index contributed by atoms with van der Waals surface area (Å²) in [5.74, 6) is -0.409. The van der Waals surface area contributed by atoms with E-state index < -0.39 is 10.0 Å². The molecule has 0 unspecified atom stereocenters. The van der Waals surface area contributed by atoms with E-state index in [9.17, 15) is 18.0 Å². The Morgan fingerprint density at radius 3 is 2.34 bits per heavy atom. The summed E-state index contributed by atoms with van der Waals surface area (Å²) in [5.41, 5.74) is 3.12. The first-order valence-corrected chi connectivity index (χ1v) is 12.5. The molecule has 0 radical (unpaired) electrons. The van der Waals surface area contributed by atoms with Gasteiger partial charge in [-0.15, -0.1) is 0 Å². The highest BCUT2D eigenvalue weighted by molar-refractivity contribution is 7.89. The molecule has 7 nitrogen and oxygen atoms in total. The topological polar surface area (TPSA) is 86.8 Å². The molecule has 0 spiro atoms. The molecule has 8 heteroatoms. The number of nitrogens with one attached hydrogen (secondary N) is 1. The Morgan fingerprint density at radius 1 is 1.00 bits per heavy atom. The van der Waals surface area contributed by atoms with Gasteiger partial charge in [-0.05, 0) is 62.1 Å². The number of carbonyl (C=O) groups is 2. The van der Waals surface area contributed by atoms with Crippen molar-refractivity contribution in [3.63, 3.8) is 0 Å². The van der Waals surface area contributed by atoms with Gasteiger partial charge in [0.2, 0.25) is 21.8 Å². The van der Waals surface area contributed by atoms with Crippen LogP contribution < -0.4 is 9.62 Å². The molecule has 2 aliphatic rings. The maximum Gasteiger partial charge on any atom is 0.240 e. The van der Waals surface area contributed by atoms with Crippen LogP contribution >= 0.6 is 0 Å². The molecule has 0 aliphatic carbocycles. The molecule has 2 heterocycles. The van der Waals surface area contributed by atoms with Crippen LogP contribution in [-0.4, -0.2) is 50.8 Å². The SMILES string of the molecule is Cc1ccc(N2C[C@@H](C(=O)N3CCC(NS(=O)(=O)c4ccccc4)CC3)CC2=O)cc1C. The normalized spacial score (nSPS) is 20.1. The van der Waals surface area contributed by atoms with Gasteiger partial charge >= 0.3 is 0 Å². The van der Waals surface area contributed by atoms with Crippen LogP contribution in [0.15, 0.2) is 53.4 Å². The van der Waals surface area contributed by atoms with Crippen molar-refractivity contribution in [2.24, 2.45) is 5.92 Å². The van der Waals surface area contributed by atoms with E-state index in [0.717, 1.165) is 11.3 Å². The second-order valence-corrected chi connectivity index (χ2v) is 10.4. The number of anilines is 1. The van der Waals surface area contributed by atoms with Gasteiger partial charge in [0.25, 0.3) is 0 Å². The third kappa shape index (κ3) is 4.71. The minimum Gasteiger partial charge on any atom is -0.342 e. The predicted molar refractivity (Wildman–Crippen MR) is 123 cm³/mol. The van der Waals surface area contributed by atoms with Crippen molar-refractivity contribution in [2.75, 3.05) is 24.5 Å². The number of sulfonamides is 1. The van der Waals surface area contributed by atoms with E-state index in [1.807, 2.05) is 32.0 Å². The van der Waals surface area contributed by atoms with Crippen molar-refractivity contribution < 1.29 is 18.0 Å². The van der Waals surface area contributed by atoms with Crippen LogP contribution in [0.1, 0.15) is 30.4 Å². The van der Waals surface area contributed by atoms with E-state index in [0.29, 0.717) is 32.5 Å². The first-order valence-electron chi connectivity index (χ1n) is 11.0. The molecule has 2 saturated heterocycles. The summed E-state index contributed by atoms with van der Waals surface area (Å²) in [5, 5.41) is 0. The van der Waals surface area contributed by atoms with E-state index in [1.54, 1.807) is 40.1 Å². The van der Waals surface area contributed by atoms with E-state index >= 15 is 0 Å². The molecule has 0 saturated carbocycles.